The zero-order valence-corrected chi connectivity index (χ0v) is 15.0. The molecule has 1 amide bonds. The summed E-state index contributed by atoms with van der Waals surface area (Å²) in [5.41, 5.74) is 3.85. The van der Waals surface area contributed by atoms with Crippen LogP contribution in [-0.2, 0) is 6.54 Å². The molecule has 0 saturated carbocycles. The highest BCUT2D eigenvalue weighted by molar-refractivity contribution is 5.94. The van der Waals surface area contributed by atoms with Gasteiger partial charge in [0.1, 0.15) is 0 Å². The molecular weight excluding hydrogens is 328 g/mol. The number of aromatic amines is 1. The topological polar surface area (TPSA) is 73.4 Å². The summed E-state index contributed by atoms with van der Waals surface area (Å²) in [4.78, 5) is 29.6. The first kappa shape index (κ1) is 17.9. The number of carbonyl (C=O) groups is 1. The Hall–Kier alpha value is -2.92. The summed E-state index contributed by atoms with van der Waals surface area (Å²) >= 11 is 0. The van der Waals surface area contributed by atoms with Crippen molar-refractivity contribution in [2.75, 3.05) is 13.2 Å². The van der Waals surface area contributed by atoms with Gasteiger partial charge in [0.2, 0.25) is 0 Å². The third kappa shape index (κ3) is 3.68. The standard InChI is InChI=1S/C21H22N2O3/c1-14-10-17-12-18(20(25)22-19(17)11-15(14)2)13-23(8-9-24)21(26)16-6-4-3-5-7-16/h3-7,10-12,24H,8-9,13H2,1-2H3,(H,22,25). The quantitative estimate of drug-likeness (QED) is 0.743. The van der Waals surface area contributed by atoms with E-state index >= 15 is 0 Å². The maximum absolute atomic E-state index is 12.7. The van der Waals surface area contributed by atoms with Crippen LogP contribution < -0.4 is 5.56 Å². The van der Waals surface area contributed by atoms with E-state index in [0.717, 1.165) is 22.0 Å². The maximum Gasteiger partial charge on any atom is 0.254 e. The molecule has 2 aromatic carbocycles. The number of rotatable bonds is 5. The number of fused-ring (bicyclic) bond motifs is 1. The number of hydrogen-bond donors (Lipinski definition) is 2. The molecule has 0 spiro atoms. The van der Waals surface area contributed by atoms with Crippen LogP contribution in [0.1, 0.15) is 27.0 Å². The van der Waals surface area contributed by atoms with Crippen molar-refractivity contribution in [1.29, 1.82) is 0 Å². The molecule has 1 heterocycles. The molecule has 2 N–H and O–H groups in total. The molecule has 0 fully saturated rings. The molecule has 0 bridgehead atoms. The van der Waals surface area contributed by atoms with Crippen molar-refractivity contribution in [2.45, 2.75) is 20.4 Å². The fraction of sp³-hybridized carbons (Fsp3) is 0.238. The smallest absolute Gasteiger partial charge is 0.254 e. The van der Waals surface area contributed by atoms with E-state index in [0.29, 0.717) is 11.1 Å². The molecule has 0 aliphatic rings. The van der Waals surface area contributed by atoms with Crippen LogP contribution in [0.15, 0.2) is 53.3 Å². The van der Waals surface area contributed by atoms with Gasteiger partial charge in [-0.05, 0) is 60.7 Å². The predicted molar refractivity (Wildman–Crippen MR) is 102 cm³/mol. The lowest BCUT2D eigenvalue weighted by atomic mass is 10.0. The Kier molecular flexibility index (Phi) is 5.19. The first-order valence-electron chi connectivity index (χ1n) is 8.58. The minimum absolute atomic E-state index is 0.145. The lowest BCUT2D eigenvalue weighted by Gasteiger charge is -2.22. The van der Waals surface area contributed by atoms with Crippen LogP contribution in [0.25, 0.3) is 10.9 Å². The Bertz CT molecular complexity index is 993. The number of aromatic nitrogens is 1. The summed E-state index contributed by atoms with van der Waals surface area (Å²) in [7, 11) is 0. The summed E-state index contributed by atoms with van der Waals surface area (Å²) in [6.45, 7) is 4.17. The fourth-order valence-electron chi connectivity index (χ4n) is 2.98. The Balaban J connectivity index is 1.96. The van der Waals surface area contributed by atoms with Gasteiger partial charge in [-0.1, -0.05) is 18.2 Å². The van der Waals surface area contributed by atoms with Gasteiger partial charge in [-0.2, -0.15) is 0 Å². The molecule has 0 atom stereocenters. The minimum Gasteiger partial charge on any atom is -0.395 e. The number of pyridine rings is 1. The van der Waals surface area contributed by atoms with E-state index in [1.165, 1.54) is 4.90 Å². The monoisotopic (exact) mass is 350 g/mol. The zero-order chi connectivity index (χ0) is 18.7. The molecule has 3 rings (SSSR count). The molecule has 134 valence electrons. The largest absolute Gasteiger partial charge is 0.395 e. The van der Waals surface area contributed by atoms with Crippen molar-refractivity contribution in [2.24, 2.45) is 0 Å². The van der Waals surface area contributed by atoms with Gasteiger partial charge in [-0.15, -0.1) is 0 Å². The average Bonchev–Trinajstić information content (AvgIpc) is 2.64. The summed E-state index contributed by atoms with van der Waals surface area (Å²) in [6, 6.07) is 14.7. The highest BCUT2D eigenvalue weighted by atomic mass is 16.3. The van der Waals surface area contributed by atoms with Gasteiger partial charge in [0.25, 0.3) is 11.5 Å². The van der Waals surface area contributed by atoms with Crippen molar-refractivity contribution in [3.63, 3.8) is 0 Å². The molecule has 5 heteroatoms. The molecule has 0 aliphatic heterocycles. The fourth-order valence-corrected chi connectivity index (χ4v) is 2.98. The maximum atomic E-state index is 12.7. The van der Waals surface area contributed by atoms with E-state index in [1.807, 2.05) is 38.1 Å². The number of aliphatic hydroxyl groups excluding tert-OH is 1. The second-order valence-electron chi connectivity index (χ2n) is 6.46. The summed E-state index contributed by atoms with van der Waals surface area (Å²) in [6.07, 6.45) is 0. The van der Waals surface area contributed by atoms with Gasteiger partial charge in [-0.25, -0.2) is 0 Å². The van der Waals surface area contributed by atoms with Crippen LogP contribution in [0.2, 0.25) is 0 Å². The van der Waals surface area contributed by atoms with E-state index in [2.05, 4.69) is 4.98 Å². The third-order valence-electron chi connectivity index (χ3n) is 4.57. The molecule has 1 aromatic heterocycles. The van der Waals surface area contributed by atoms with Crippen LogP contribution in [0.4, 0.5) is 0 Å². The summed E-state index contributed by atoms with van der Waals surface area (Å²) < 4.78 is 0. The Morgan fingerprint density at radius 3 is 2.46 bits per heavy atom. The Morgan fingerprint density at radius 2 is 1.77 bits per heavy atom. The van der Waals surface area contributed by atoms with Gasteiger partial charge in [0.15, 0.2) is 0 Å². The van der Waals surface area contributed by atoms with Crippen molar-refractivity contribution in [3.8, 4) is 0 Å². The molecule has 26 heavy (non-hydrogen) atoms. The van der Waals surface area contributed by atoms with E-state index in [9.17, 15) is 14.7 Å². The van der Waals surface area contributed by atoms with Crippen molar-refractivity contribution in [3.05, 3.63) is 81.1 Å². The van der Waals surface area contributed by atoms with Crippen LogP contribution >= 0.6 is 0 Å². The molecule has 0 radical (unpaired) electrons. The van der Waals surface area contributed by atoms with Gasteiger partial charge < -0.3 is 15.0 Å². The number of benzene rings is 2. The van der Waals surface area contributed by atoms with E-state index in [-0.39, 0.29) is 31.2 Å². The molecule has 0 saturated heterocycles. The van der Waals surface area contributed by atoms with Crippen LogP contribution in [0, 0.1) is 13.8 Å². The molecular formula is C21H22N2O3. The Labute approximate surface area is 151 Å². The number of aryl methyl sites for hydroxylation is 2. The second-order valence-corrected chi connectivity index (χ2v) is 6.46. The van der Waals surface area contributed by atoms with Gasteiger partial charge >= 0.3 is 0 Å². The van der Waals surface area contributed by atoms with E-state index < -0.39 is 0 Å². The predicted octanol–water partition coefficient (Wildman–Crippen LogP) is 2.78. The first-order valence-corrected chi connectivity index (χ1v) is 8.58. The van der Waals surface area contributed by atoms with Crippen LogP contribution in [0.5, 0.6) is 0 Å². The van der Waals surface area contributed by atoms with Gasteiger partial charge in [0, 0.05) is 23.2 Å². The van der Waals surface area contributed by atoms with Crippen LogP contribution in [0.3, 0.4) is 0 Å². The lowest BCUT2D eigenvalue weighted by molar-refractivity contribution is 0.0707. The molecule has 5 nitrogen and oxygen atoms in total. The van der Waals surface area contributed by atoms with Crippen molar-refractivity contribution >= 4 is 16.8 Å². The van der Waals surface area contributed by atoms with E-state index in [4.69, 9.17) is 0 Å². The zero-order valence-electron chi connectivity index (χ0n) is 15.0. The number of nitrogens with zero attached hydrogens (tertiary/aromatic N) is 1. The third-order valence-corrected chi connectivity index (χ3v) is 4.57. The molecule has 0 unspecified atom stereocenters. The highest BCUT2D eigenvalue weighted by Crippen LogP contribution is 2.18. The SMILES string of the molecule is Cc1cc2cc(CN(CCO)C(=O)c3ccccc3)c(=O)[nH]c2cc1C. The van der Waals surface area contributed by atoms with Crippen molar-refractivity contribution in [1.82, 2.24) is 9.88 Å². The first-order chi connectivity index (χ1) is 12.5. The van der Waals surface area contributed by atoms with Crippen molar-refractivity contribution < 1.29 is 9.90 Å². The summed E-state index contributed by atoms with van der Waals surface area (Å²) in [5.74, 6) is -0.209. The average molecular weight is 350 g/mol. The number of nitrogens with one attached hydrogen (secondary N) is 1. The van der Waals surface area contributed by atoms with Crippen LogP contribution in [-0.4, -0.2) is 34.0 Å². The van der Waals surface area contributed by atoms with Gasteiger partial charge in [0.05, 0.1) is 13.2 Å². The molecule has 0 aliphatic carbocycles. The van der Waals surface area contributed by atoms with Gasteiger partial charge in [-0.3, -0.25) is 9.59 Å². The lowest BCUT2D eigenvalue weighted by Crippen LogP contribution is -2.35. The number of amides is 1. The highest BCUT2D eigenvalue weighted by Gasteiger charge is 2.17. The summed E-state index contributed by atoms with van der Waals surface area (Å²) in [5, 5.41) is 10.3. The second kappa shape index (κ2) is 7.54. The molecule has 3 aromatic rings. The number of H-pyrrole nitrogens is 1. The Morgan fingerprint density at radius 1 is 1.08 bits per heavy atom. The minimum atomic E-state index is -0.218. The normalized spacial score (nSPS) is 10.9. The number of carbonyl (C=O) groups excluding carboxylic acids is 1. The number of aliphatic hydroxyl groups is 1. The van der Waals surface area contributed by atoms with E-state index in [1.54, 1.807) is 24.3 Å². The number of hydrogen-bond acceptors (Lipinski definition) is 3.